The maximum absolute atomic E-state index is 12.2. The Morgan fingerprint density at radius 3 is 2.45 bits per heavy atom. The van der Waals surface area contributed by atoms with E-state index in [2.05, 4.69) is 0 Å². The Bertz CT molecular complexity index is 440. The van der Waals surface area contributed by atoms with Crippen molar-refractivity contribution in [2.24, 2.45) is 0 Å². The van der Waals surface area contributed by atoms with Gasteiger partial charge in [-0.3, -0.25) is 0 Å². The van der Waals surface area contributed by atoms with Gasteiger partial charge in [-0.05, 0) is 30.2 Å². The molecule has 0 aliphatic rings. The van der Waals surface area contributed by atoms with Crippen LogP contribution in [0.25, 0.3) is 0 Å². The lowest BCUT2D eigenvalue weighted by atomic mass is 9.77. The molecule has 0 radical (unpaired) electrons. The molecule has 0 bridgehead atoms. The molecule has 0 atom stereocenters. The predicted octanol–water partition coefficient (Wildman–Crippen LogP) is 0.759. The van der Waals surface area contributed by atoms with Gasteiger partial charge in [0.2, 0.25) is 0 Å². The average molecular weight is 291 g/mol. The highest BCUT2D eigenvalue weighted by atomic mass is 19.4. The lowest BCUT2D eigenvalue weighted by Gasteiger charge is -2.20. The van der Waals surface area contributed by atoms with Crippen LogP contribution in [0.4, 0.5) is 13.2 Å². The summed E-state index contributed by atoms with van der Waals surface area (Å²) >= 11 is 0. The Hall–Kier alpha value is -1.25. The van der Waals surface area contributed by atoms with Crippen LogP contribution in [0.2, 0.25) is 0 Å². The molecule has 20 heavy (non-hydrogen) atoms. The van der Waals surface area contributed by atoms with Crippen molar-refractivity contribution in [3.05, 3.63) is 23.8 Å². The van der Waals surface area contributed by atoms with Crippen LogP contribution in [0.1, 0.15) is 12.0 Å². The van der Waals surface area contributed by atoms with Crippen LogP contribution >= 0.6 is 0 Å². The molecule has 0 unspecified atom stereocenters. The van der Waals surface area contributed by atoms with E-state index in [1.165, 1.54) is 18.1 Å². The molecule has 1 aromatic carbocycles. The summed E-state index contributed by atoms with van der Waals surface area (Å²) in [6.45, 7) is 0.00189. The highest BCUT2D eigenvalue weighted by Crippen LogP contribution is 2.20. The molecule has 1 rings (SSSR count). The van der Waals surface area contributed by atoms with Crippen LogP contribution in [0.5, 0.6) is 5.75 Å². The summed E-state index contributed by atoms with van der Waals surface area (Å²) in [7, 11) is 1.33. The SMILES string of the molecule is COc1ccc(B(O)O)c(CN(C)CCC(F)(F)F)c1. The molecule has 0 spiro atoms. The summed E-state index contributed by atoms with van der Waals surface area (Å²) in [6, 6.07) is 4.63. The molecule has 0 saturated heterocycles. The largest absolute Gasteiger partial charge is 0.497 e. The third-order valence-electron chi connectivity index (χ3n) is 2.85. The van der Waals surface area contributed by atoms with Crippen molar-refractivity contribution in [2.75, 3.05) is 20.7 Å². The number of benzene rings is 1. The topological polar surface area (TPSA) is 52.9 Å². The highest BCUT2D eigenvalue weighted by molar-refractivity contribution is 6.59. The fourth-order valence-corrected chi connectivity index (χ4v) is 1.79. The van der Waals surface area contributed by atoms with E-state index in [4.69, 9.17) is 4.74 Å². The first-order valence-electron chi connectivity index (χ1n) is 6.01. The molecule has 2 N–H and O–H groups in total. The number of nitrogens with zero attached hydrogens (tertiary/aromatic N) is 1. The molecule has 1 aromatic rings. The monoisotopic (exact) mass is 291 g/mol. The summed E-state index contributed by atoms with van der Waals surface area (Å²) in [5.41, 5.74) is 0.772. The first-order chi connectivity index (χ1) is 9.23. The van der Waals surface area contributed by atoms with E-state index in [9.17, 15) is 23.2 Å². The number of halogens is 3. The quantitative estimate of drug-likeness (QED) is 0.760. The van der Waals surface area contributed by atoms with Crippen LogP contribution < -0.4 is 10.2 Å². The first kappa shape index (κ1) is 16.8. The number of hydrogen-bond donors (Lipinski definition) is 2. The Labute approximate surface area is 115 Å². The van der Waals surface area contributed by atoms with Gasteiger partial charge >= 0.3 is 13.3 Å². The van der Waals surface area contributed by atoms with E-state index in [-0.39, 0.29) is 18.6 Å². The Morgan fingerprint density at radius 1 is 1.30 bits per heavy atom. The van der Waals surface area contributed by atoms with E-state index in [0.29, 0.717) is 11.3 Å². The maximum atomic E-state index is 12.2. The van der Waals surface area contributed by atoms with Crippen LogP contribution in [0.15, 0.2) is 18.2 Å². The van der Waals surface area contributed by atoms with E-state index in [0.717, 1.165) is 0 Å². The minimum absolute atomic E-state index is 0.165. The molecule has 0 aliphatic heterocycles. The molecule has 0 fully saturated rings. The fourth-order valence-electron chi connectivity index (χ4n) is 1.79. The van der Waals surface area contributed by atoms with E-state index in [1.807, 2.05) is 0 Å². The second kappa shape index (κ2) is 6.96. The third kappa shape index (κ3) is 5.40. The van der Waals surface area contributed by atoms with Crippen molar-refractivity contribution in [2.45, 2.75) is 19.1 Å². The zero-order chi connectivity index (χ0) is 15.3. The van der Waals surface area contributed by atoms with Crippen molar-refractivity contribution in [3.8, 4) is 5.75 Å². The molecule has 0 saturated carbocycles. The van der Waals surface area contributed by atoms with Crippen molar-refractivity contribution in [3.63, 3.8) is 0 Å². The lowest BCUT2D eigenvalue weighted by Crippen LogP contribution is -2.35. The Morgan fingerprint density at radius 2 is 1.95 bits per heavy atom. The third-order valence-corrected chi connectivity index (χ3v) is 2.85. The van der Waals surface area contributed by atoms with E-state index in [1.54, 1.807) is 19.2 Å². The molecule has 0 heterocycles. The van der Waals surface area contributed by atoms with Gasteiger partial charge in [0.15, 0.2) is 0 Å². The molecular formula is C12H17BF3NO3. The summed E-state index contributed by atoms with van der Waals surface area (Å²) in [4.78, 5) is 1.47. The number of ether oxygens (including phenoxy) is 1. The smallest absolute Gasteiger partial charge is 0.488 e. The van der Waals surface area contributed by atoms with Gasteiger partial charge in [0.25, 0.3) is 0 Å². The van der Waals surface area contributed by atoms with Gasteiger partial charge in [-0.15, -0.1) is 0 Å². The predicted molar refractivity (Wildman–Crippen MR) is 69.8 cm³/mol. The summed E-state index contributed by atoms with van der Waals surface area (Å²) in [6.07, 6.45) is -5.12. The van der Waals surface area contributed by atoms with E-state index < -0.39 is 19.7 Å². The second-order valence-electron chi connectivity index (χ2n) is 4.54. The van der Waals surface area contributed by atoms with E-state index >= 15 is 0 Å². The Kier molecular flexibility index (Phi) is 5.85. The average Bonchev–Trinajstić information content (AvgIpc) is 2.35. The normalized spacial score (nSPS) is 11.8. The van der Waals surface area contributed by atoms with Gasteiger partial charge in [0.1, 0.15) is 5.75 Å². The van der Waals surface area contributed by atoms with Gasteiger partial charge in [-0.25, -0.2) is 0 Å². The molecule has 112 valence electrons. The summed E-state index contributed by atoms with van der Waals surface area (Å²) in [5, 5.41) is 18.5. The van der Waals surface area contributed by atoms with Gasteiger partial charge in [0, 0.05) is 13.1 Å². The highest BCUT2D eigenvalue weighted by Gasteiger charge is 2.27. The molecule has 0 aliphatic carbocycles. The minimum atomic E-state index is -4.21. The second-order valence-corrected chi connectivity index (χ2v) is 4.54. The first-order valence-corrected chi connectivity index (χ1v) is 6.01. The maximum Gasteiger partial charge on any atom is 0.488 e. The fraction of sp³-hybridized carbons (Fsp3) is 0.500. The van der Waals surface area contributed by atoms with Crippen molar-refractivity contribution in [1.82, 2.24) is 4.90 Å². The molecular weight excluding hydrogens is 274 g/mol. The zero-order valence-electron chi connectivity index (χ0n) is 11.3. The minimum Gasteiger partial charge on any atom is -0.497 e. The number of rotatable bonds is 6. The van der Waals surface area contributed by atoms with Crippen LogP contribution in [0, 0.1) is 0 Å². The summed E-state index contributed by atoms with van der Waals surface area (Å²) in [5.74, 6) is 0.508. The molecule has 0 aromatic heterocycles. The van der Waals surface area contributed by atoms with Crippen LogP contribution in [0.3, 0.4) is 0 Å². The molecule has 8 heteroatoms. The van der Waals surface area contributed by atoms with Gasteiger partial charge in [0.05, 0.1) is 13.5 Å². The number of alkyl halides is 3. The van der Waals surface area contributed by atoms with Crippen LogP contribution in [-0.2, 0) is 6.54 Å². The van der Waals surface area contributed by atoms with Crippen LogP contribution in [-0.4, -0.2) is 48.9 Å². The lowest BCUT2D eigenvalue weighted by molar-refractivity contribution is -0.137. The van der Waals surface area contributed by atoms with Crippen molar-refractivity contribution in [1.29, 1.82) is 0 Å². The van der Waals surface area contributed by atoms with Gasteiger partial charge < -0.3 is 19.7 Å². The van der Waals surface area contributed by atoms with Crippen molar-refractivity contribution >= 4 is 12.6 Å². The molecule has 4 nitrogen and oxygen atoms in total. The summed E-state index contributed by atoms with van der Waals surface area (Å²) < 4.78 is 41.5. The zero-order valence-corrected chi connectivity index (χ0v) is 11.3. The van der Waals surface area contributed by atoms with Crippen molar-refractivity contribution < 1.29 is 28.0 Å². The Balaban J connectivity index is 2.78. The molecule has 0 amide bonds. The standard InChI is InChI=1S/C12H17BF3NO3/c1-17(6-5-12(14,15)16)8-9-7-10(20-2)3-4-11(9)13(18)19/h3-4,7,18-19H,5-6,8H2,1-2H3. The van der Waals surface area contributed by atoms with Gasteiger partial charge in [-0.2, -0.15) is 13.2 Å². The number of hydrogen-bond acceptors (Lipinski definition) is 4. The van der Waals surface area contributed by atoms with Gasteiger partial charge in [-0.1, -0.05) is 6.07 Å². The number of methoxy groups -OCH3 is 1.